The minimum Gasteiger partial charge on any atom is -0.369 e. The van der Waals surface area contributed by atoms with E-state index in [1.165, 1.54) is 12.1 Å². The van der Waals surface area contributed by atoms with Crippen molar-refractivity contribution in [3.8, 4) is 0 Å². The van der Waals surface area contributed by atoms with Gasteiger partial charge in [-0.1, -0.05) is 6.07 Å². The zero-order valence-electron chi connectivity index (χ0n) is 13.1. The molecular weight excluding hydrogens is 318 g/mol. The molecule has 5 nitrogen and oxygen atoms in total. The van der Waals surface area contributed by atoms with Crippen LogP contribution >= 0.6 is 0 Å². The van der Waals surface area contributed by atoms with E-state index in [0.717, 1.165) is 6.29 Å². The highest BCUT2D eigenvalue weighted by Crippen LogP contribution is 2.33. The monoisotopic (exact) mass is 336 g/mol. The average Bonchev–Trinajstić information content (AvgIpc) is 2.58. The van der Waals surface area contributed by atoms with Gasteiger partial charge in [-0.25, -0.2) is 8.78 Å². The van der Waals surface area contributed by atoms with Crippen molar-refractivity contribution in [2.75, 3.05) is 18.0 Å². The van der Waals surface area contributed by atoms with Crippen molar-refractivity contribution in [1.82, 2.24) is 5.32 Å². The number of hydrogen-bond donors (Lipinski definition) is 1. The minimum atomic E-state index is -1.04. The summed E-state index contributed by atoms with van der Waals surface area (Å²) in [5.74, 6) is -3.90. The van der Waals surface area contributed by atoms with Crippen LogP contribution in [0.1, 0.15) is 37.2 Å². The van der Waals surface area contributed by atoms with Gasteiger partial charge < -0.3 is 9.69 Å². The number of benzene rings is 1. The second-order valence-electron chi connectivity index (χ2n) is 6.27. The predicted octanol–water partition coefficient (Wildman–Crippen LogP) is 1.90. The van der Waals surface area contributed by atoms with Crippen molar-refractivity contribution < 1.29 is 23.2 Å². The molecule has 24 heavy (non-hydrogen) atoms. The first-order valence-corrected chi connectivity index (χ1v) is 8.03. The Kier molecular flexibility index (Phi) is 4.59. The van der Waals surface area contributed by atoms with Crippen LogP contribution in [0.15, 0.2) is 12.1 Å². The summed E-state index contributed by atoms with van der Waals surface area (Å²) in [7, 11) is 0. The lowest BCUT2D eigenvalue weighted by Gasteiger charge is -2.32. The van der Waals surface area contributed by atoms with Gasteiger partial charge in [0.25, 0.3) is 0 Å². The molecular formula is C17H18F2N2O3. The Labute approximate surface area is 138 Å². The van der Waals surface area contributed by atoms with Crippen molar-refractivity contribution in [3.63, 3.8) is 0 Å². The second kappa shape index (κ2) is 6.67. The van der Waals surface area contributed by atoms with E-state index in [1.54, 1.807) is 4.90 Å². The largest absolute Gasteiger partial charge is 0.369 e. The fraction of sp³-hybridized carbons (Fsp3) is 0.471. The topological polar surface area (TPSA) is 66.5 Å². The van der Waals surface area contributed by atoms with E-state index in [9.17, 15) is 23.2 Å². The van der Waals surface area contributed by atoms with Gasteiger partial charge >= 0.3 is 0 Å². The van der Waals surface area contributed by atoms with Crippen molar-refractivity contribution in [2.45, 2.75) is 31.6 Å². The van der Waals surface area contributed by atoms with Gasteiger partial charge in [-0.05, 0) is 25.3 Å². The number of amides is 2. The summed E-state index contributed by atoms with van der Waals surface area (Å²) in [5.41, 5.74) is 0.122. The van der Waals surface area contributed by atoms with E-state index in [1.807, 2.05) is 0 Å². The van der Waals surface area contributed by atoms with Crippen molar-refractivity contribution in [3.05, 3.63) is 29.3 Å². The fourth-order valence-electron chi connectivity index (χ4n) is 3.33. The maximum absolute atomic E-state index is 14.5. The number of aldehydes is 1. The first-order chi connectivity index (χ1) is 11.5. The average molecular weight is 336 g/mol. The van der Waals surface area contributed by atoms with Gasteiger partial charge in [0, 0.05) is 31.0 Å². The third-order valence-electron chi connectivity index (χ3n) is 4.78. The molecule has 1 unspecified atom stereocenters. The highest BCUT2D eigenvalue weighted by atomic mass is 19.2. The van der Waals surface area contributed by atoms with Gasteiger partial charge in [-0.2, -0.15) is 0 Å². The molecule has 1 N–H and O–H groups in total. The molecule has 0 aliphatic carbocycles. The molecule has 7 heteroatoms. The molecule has 2 aliphatic heterocycles. The molecule has 0 aromatic heterocycles. The first-order valence-electron chi connectivity index (χ1n) is 8.03. The van der Waals surface area contributed by atoms with Crippen LogP contribution in [-0.4, -0.2) is 31.2 Å². The Morgan fingerprint density at radius 1 is 1.08 bits per heavy atom. The predicted molar refractivity (Wildman–Crippen MR) is 82.5 cm³/mol. The number of nitrogens with one attached hydrogen (secondary N) is 1. The molecule has 2 aliphatic rings. The normalized spacial score (nSPS) is 22.4. The number of carbonyl (C=O) groups is 3. The van der Waals surface area contributed by atoms with Crippen LogP contribution in [0.5, 0.6) is 0 Å². The lowest BCUT2D eigenvalue weighted by Crippen LogP contribution is -2.40. The molecule has 1 aromatic rings. The summed E-state index contributed by atoms with van der Waals surface area (Å²) >= 11 is 0. The van der Waals surface area contributed by atoms with Gasteiger partial charge in [0.05, 0.1) is 11.6 Å². The Bertz CT molecular complexity index is 685. The number of hydrogen-bond acceptors (Lipinski definition) is 4. The lowest BCUT2D eigenvalue weighted by atomic mass is 9.89. The van der Waals surface area contributed by atoms with E-state index in [-0.39, 0.29) is 30.0 Å². The number of rotatable bonds is 3. The van der Waals surface area contributed by atoms with Crippen molar-refractivity contribution in [1.29, 1.82) is 0 Å². The van der Waals surface area contributed by atoms with Crippen LogP contribution in [0, 0.1) is 17.6 Å². The van der Waals surface area contributed by atoms with Crippen molar-refractivity contribution >= 4 is 23.8 Å². The van der Waals surface area contributed by atoms with Crippen LogP contribution in [-0.2, 0) is 14.4 Å². The number of halogens is 2. The molecule has 0 saturated carbocycles. The Morgan fingerprint density at radius 2 is 1.79 bits per heavy atom. The fourth-order valence-corrected chi connectivity index (χ4v) is 3.33. The van der Waals surface area contributed by atoms with E-state index in [2.05, 4.69) is 5.32 Å². The Balaban J connectivity index is 1.83. The molecule has 0 radical (unpaired) electrons. The molecule has 2 fully saturated rings. The van der Waals surface area contributed by atoms with E-state index >= 15 is 0 Å². The highest BCUT2D eigenvalue weighted by molar-refractivity contribution is 6.01. The molecule has 128 valence electrons. The quantitative estimate of drug-likeness (QED) is 0.676. The van der Waals surface area contributed by atoms with E-state index < -0.39 is 29.4 Å². The number of imide groups is 1. The van der Waals surface area contributed by atoms with E-state index in [4.69, 9.17) is 0 Å². The third kappa shape index (κ3) is 3.02. The van der Waals surface area contributed by atoms with Crippen LogP contribution < -0.4 is 10.2 Å². The smallest absolute Gasteiger partial charge is 0.234 e. The molecule has 3 rings (SSSR count). The standard InChI is InChI=1S/C17H18F2N2O3/c18-15-11(12-2-4-14(23)20-17(12)24)1-3-13(16(15)19)21-7-5-10(9-22)6-8-21/h1,3,9-10,12H,2,4-8H2,(H,20,23,24). The number of piperidine rings is 2. The summed E-state index contributed by atoms with van der Waals surface area (Å²) in [6.45, 7) is 0.967. The maximum atomic E-state index is 14.5. The first kappa shape index (κ1) is 16.5. The Hall–Kier alpha value is -2.31. The molecule has 1 aromatic carbocycles. The highest BCUT2D eigenvalue weighted by Gasteiger charge is 2.32. The van der Waals surface area contributed by atoms with Crippen LogP contribution in [0.3, 0.4) is 0 Å². The minimum absolute atomic E-state index is 0.0240. The number of carbonyl (C=O) groups excluding carboxylic acids is 3. The Morgan fingerprint density at radius 3 is 2.42 bits per heavy atom. The second-order valence-corrected chi connectivity index (χ2v) is 6.27. The molecule has 0 spiro atoms. The van der Waals surface area contributed by atoms with Gasteiger partial charge in [-0.3, -0.25) is 14.9 Å². The van der Waals surface area contributed by atoms with E-state index in [0.29, 0.717) is 25.9 Å². The summed E-state index contributed by atoms with van der Waals surface area (Å²) in [4.78, 5) is 35.5. The zero-order chi connectivity index (χ0) is 17.3. The van der Waals surface area contributed by atoms with Crippen LogP contribution in [0.4, 0.5) is 14.5 Å². The molecule has 2 heterocycles. The van der Waals surface area contributed by atoms with Gasteiger partial charge in [-0.15, -0.1) is 0 Å². The lowest BCUT2D eigenvalue weighted by molar-refractivity contribution is -0.134. The zero-order valence-corrected chi connectivity index (χ0v) is 13.1. The SMILES string of the molecule is O=CC1CCN(c2ccc(C3CCC(=O)NC3=O)c(F)c2F)CC1. The van der Waals surface area contributed by atoms with Gasteiger partial charge in [0.1, 0.15) is 6.29 Å². The maximum Gasteiger partial charge on any atom is 0.234 e. The summed E-state index contributed by atoms with van der Waals surface area (Å²) < 4.78 is 29.0. The van der Waals surface area contributed by atoms with Crippen LogP contribution in [0.25, 0.3) is 0 Å². The van der Waals surface area contributed by atoms with Crippen molar-refractivity contribution in [2.24, 2.45) is 5.92 Å². The summed E-state index contributed by atoms with van der Waals surface area (Å²) in [6.07, 6.45) is 2.41. The third-order valence-corrected chi connectivity index (χ3v) is 4.78. The molecule has 1 atom stereocenters. The van der Waals surface area contributed by atoms with Gasteiger partial charge in [0.2, 0.25) is 11.8 Å². The van der Waals surface area contributed by atoms with Gasteiger partial charge in [0.15, 0.2) is 11.6 Å². The summed E-state index contributed by atoms with van der Waals surface area (Å²) in [6, 6.07) is 2.89. The molecule has 2 saturated heterocycles. The number of anilines is 1. The molecule has 0 bridgehead atoms. The van der Waals surface area contributed by atoms with Crippen LogP contribution in [0.2, 0.25) is 0 Å². The molecule has 2 amide bonds. The summed E-state index contributed by atoms with van der Waals surface area (Å²) in [5, 5.41) is 2.15. The number of nitrogens with zero attached hydrogens (tertiary/aromatic N) is 1.